The zero-order chi connectivity index (χ0) is 15.5. The standard InChI is InChI=1S/C18H22N2O2/c1-20(18(22)8-7-13-5-3-2-4-6-13)16-9-14-11-17(21)19-12-15(14)10-16/h2-8,14-16H,9-12H2,1H3,(H,19,21)/t14-,15+,16-/m0/s1. The Morgan fingerprint density at radius 1 is 1.23 bits per heavy atom. The zero-order valence-corrected chi connectivity index (χ0v) is 12.9. The molecule has 3 atom stereocenters. The molecule has 0 radical (unpaired) electrons. The molecular formula is C18H22N2O2. The highest BCUT2D eigenvalue weighted by Crippen LogP contribution is 2.38. The second-order valence-electron chi connectivity index (χ2n) is 6.35. The molecule has 22 heavy (non-hydrogen) atoms. The fourth-order valence-electron chi connectivity index (χ4n) is 3.58. The maximum Gasteiger partial charge on any atom is 0.246 e. The smallest absolute Gasteiger partial charge is 0.246 e. The van der Waals surface area contributed by atoms with Crippen molar-refractivity contribution in [1.82, 2.24) is 10.2 Å². The normalized spacial score (nSPS) is 27.5. The van der Waals surface area contributed by atoms with Crippen LogP contribution in [-0.4, -0.2) is 36.3 Å². The van der Waals surface area contributed by atoms with Crippen molar-refractivity contribution in [2.24, 2.45) is 11.8 Å². The minimum Gasteiger partial charge on any atom is -0.356 e. The van der Waals surface area contributed by atoms with Crippen LogP contribution in [-0.2, 0) is 9.59 Å². The third-order valence-electron chi connectivity index (χ3n) is 4.94. The number of piperidine rings is 1. The number of likely N-dealkylation sites (N-methyl/N-ethyl adjacent to an activating group) is 1. The molecule has 1 aliphatic heterocycles. The summed E-state index contributed by atoms with van der Waals surface area (Å²) in [6.07, 6.45) is 6.04. The molecule has 1 aliphatic carbocycles. The van der Waals surface area contributed by atoms with Gasteiger partial charge in [-0.05, 0) is 36.3 Å². The first-order valence-corrected chi connectivity index (χ1v) is 7.90. The average molecular weight is 298 g/mol. The number of nitrogens with one attached hydrogen (secondary N) is 1. The number of benzene rings is 1. The van der Waals surface area contributed by atoms with Gasteiger partial charge in [-0.3, -0.25) is 9.59 Å². The van der Waals surface area contributed by atoms with Gasteiger partial charge in [-0.1, -0.05) is 30.3 Å². The fourth-order valence-corrected chi connectivity index (χ4v) is 3.58. The summed E-state index contributed by atoms with van der Waals surface area (Å²) in [5.74, 6) is 1.15. The van der Waals surface area contributed by atoms with Crippen molar-refractivity contribution in [2.75, 3.05) is 13.6 Å². The number of hydrogen-bond donors (Lipinski definition) is 1. The highest BCUT2D eigenvalue weighted by Gasteiger charge is 2.40. The summed E-state index contributed by atoms with van der Waals surface area (Å²) in [7, 11) is 1.87. The molecule has 1 aromatic carbocycles. The zero-order valence-electron chi connectivity index (χ0n) is 12.9. The maximum absolute atomic E-state index is 12.3. The van der Waals surface area contributed by atoms with Crippen LogP contribution in [0.5, 0.6) is 0 Å². The number of rotatable bonds is 3. The maximum atomic E-state index is 12.3. The minimum absolute atomic E-state index is 0.0341. The fraction of sp³-hybridized carbons (Fsp3) is 0.444. The Bertz CT molecular complexity index is 582. The Hall–Kier alpha value is -2.10. The molecule has 1 N–H and O–H groups in total. The van der Waals surface area contributed by atoms with E-state index in [1.807, 2.05) is 48.4 Å². The number of amides is 2. The van der Waals surface area contributed by atoms with Gasteiger partial charge in [0.25, 0.3) is 0 Å². The van der Waals surface area contributed by atoms with E-state index in [0.717, 1.165) is 24.9 Å². The summed E-state index contributed by atoms with van der Waals surface area (Å²) in [5, 5.41) is 2.93. The molecule has 2 fully saturated rings. The highest BCUT2D eigenvalue weighted by atomic mass is 16.2. The molecule has 2 amide bonds. The van der Waals surface area contributed by atoms with Gasteiger partial charge in [0, 0.05) is 32.1 Å². The molecule has 2 aliphatic rings. The highest BCUT2D eigenvalue weighted by molar-refractivity contribution is 5.91. The Kier molecular flexibility index (Phi) is 4.27. The summed E-state index contributed by atoms with van der Waals surface area (Å²) in [5.41, 5.74) is 1.03. The van der Waals surface area contributed by atoms with E-state index in [2.05, 4.69) is 5.32 Å². The van der Waals surface area contributed by atoms with E-state index in [4.69, 9.17) is 0 Å². The van der Waals surface area contributed by atoms with Gasteiger partial charge in [-0.25, -0.2) is 0 Å². The van der Waals surface area contributed by atoms with E-state index in [9.17, 15) is 9.59 Å². The van der Waals surface area contributed by atoms with Gasteiger partial charge in [0.2, 0.25) is 11.8 Å². The van der Waals surface area contributed by atoms with E-state index in [-0.39, 0.29) is 17.9 Å². The molecule has 0 spiro atoms. The number of hydrogen-bond acceptors (Lipinski definition) is 2. The third-order valence-corrected chi connectivity index (χ3v) is 4.94. The van der Waals surface area contributed by atoms with Crippen LogP contribution in [0.3, 0.4) is 0 Å². The van der Waals surface area contributed by atoms with Crippen LogP contribution in [0.25, 0.3) is 6.08 Å². The lowest BCUT2D eigenvalue weighted by molar-refractivity contribution is -0.126. The lowest BCUT2D eigenvalue weighted by Gasteiger charge is -2.24. The van der Waals surface area contributed by atoms with Crippen LogP contribution in [0.2, 0.25) is 0 Å². The van der Waals surface area contributed by atoms with Crippen LogP contribution in [0, 0.1) is 11.8 Å². The third kappa shape index (κ3) is 3.21. The largest absolute Gasteiger partial charge is 0.356 e. The van der Waals surface area contributed by atoms with Crippen molar-refractivity contribution in [3.8, 4) is 0 Å². The van der Waals surface area contributed by atoms with Crippen LogP contribution < -0.4 is 5.32 Å². The van der Waals surface area contributed by atoms with E-state index < -0.39 is 0 Å². The molecule has 4 nitrogen and oxygen atoms in total. The number of fused-ring (bicyclic) bond motifs is 1. The van der Waals surface area contributed by atoms with Gasteiger partial charge in [0.1, 0.15) is 0 Å². The van der Waals surface area contributed by atoms with E-state index >= 15 is 0 Å². The van der Waals surface area contributed by atoms with E-state index in [0.29, 0.717) is 18.3 Å². The van der Waals surface area contributed by atoms with E-state index in [1.165, 1.54) is 0 Å². The molecule has 1 saturated heterocycles. The molecule has 1 aromatic rings. The molecule has 0 aromatic heterocycles. The predicted octanol–water partition coefficient (Wildman–Crippen LogP) is 2.07. The van der Waals surface area contributed by atoms with Crippen molar-refractivity contribution < 1.29 is 9.59 Å². The summed E-state index contributed by atoms with van der Waals surface area (Å²) in [6, 6.07) is 10.1. The summed E-state index contributed by atoms with van der Waals surface area (Å²) in [6.45, 7) is 0.766. The van der Waals surface area contributed by atoms with Gasteiger partial charge in [0.15, 0.2) is 0 Å². The van der Waals surface area contributed by atoms with Gasteiger partial charge >= 0.3 is 0 Å². The predicted molar refractivity (Wildman–Crippen MR) is 85.9 cm³/mol. The number of nitrogens with zero attached hydrogens (tertiary/aromatic N) is 1. The Labute approximate surface area is 131 Å². The second-order valence-corrected chi connectivity index (χ2v) is 6.35. The topological polar surface area (TPSA) is 49.4 Å². The molecule has 0 unspecified atom stereocenters. The van der Waals surface area contributed by atoms with Gasteiger partial charge in [-0.2, -0.15) is 0 Å². The van der Waals surface area contributed by atoms with Crippen molar-refractivity contribution in [3.63, 3.8) is 0 Å². The molecule has 4 heteroatoms. The SMILES string of the molecule is CN(C(=O)C=Cc1ccccc1)[C@H]1C[C@H]2CC(=O)NC[C@H]2C1. The minimum atomic E-state index is 0.0341. The lowest BCUT2D eigenvalue weighted by atomic mass is 9.89. The molecule has 1 saturated carbocycles. The summed E-state index contributed by atoms with van der Waals surface area (Å²) >= 11 is 0. The van der Waals surface area contributed by atoms with Crippen LogP contribution >= 0.6 is 0 Å². The Morgan fingerprint density at radius 2 is 1.95 bits per heavy atom. The first kappa shape index (κ1) is 14.8. The molecule has 1 heterocycles. The average Bonchev–Trinajstić information content (AvgIpc) is 2.95. The lowest BCUT2D eigenvalue weighted by Crippen LogP contribution is -2.38. The first-order valence-electron chi connectivity index (χ1n) is 7.90. The summed E-state index contributed by atoms with van der Waals surface area (Å²) in [4.78, 5) is 25.6. The van der Waals surface area contributed by atoms with E-state index in [1.54, 1.807) is 6.08 Å². The number of carbonyl (C=O) groups is 2. The van der Waals surface area contributed by atoms with Crippen molar-refractivity contribution in [2.45, 2.75) is 25.3 Å². The Morgan fingerprint density at radius 3 is 2.73 bits per heavy atom. The molecular weight excluding hydrogens is 276 g/mol. The van der Waals surface area contributed by atoms with Crippen LogP contribution in [0.1, 0.15) is 24.8 Å². The summed E-state index contributed by atoms with van der Waals surface area (Å²) < 4.78 is 0. The van der Waals surface area contributed by atoms with Gasteiger partial charge in [-0.15, -0.1) is 0 Å². The van der Waals surface area contributed by atoms with Crippen molar-refractivity contribution >= 4 is 17.9 Å². The van der Waals surface area contributed by atoms with Crippen molar-refractivity contribution in [3.05, 3.63) is 42.0 Å². The quantitative estimate of drug-likeness (QED) is 0.869. The van der Waals surface area contributed by atoms with Gasteiger partial charge < -0.3 is 10.2 Å². The number of carbonyl (C=O) groups excluding carboxylic acids is 2. The van der Waals surface area contributed by atoms with Crippen LogP contribution in [0.15, 0.2) is 36.4 Å². The first-order chi connectivity index (χ1) is 10.6. The Balaban J connectivity index is 1.59. The molecule has 116 valence electrons. The van der Waals surface area contributed by atoms with Crippen LogP contribution in [0.4, 0.5) is 0 Å². The van der Waals surface area contributed by atoms with Gasteiger partial charge in [0.05, 0.1) is 0 Å². The second kappa shape index (κ2) is 6.34. The molecule has 0 bridgehead atoms. The van der Waals surface area contributed by atoms with Crippen molar-refractivity contribution in [1.29, 1.82) is 0 Å². The monoisotopic (exact) mass is 298 g/mol. The molecule has 3 rings (SSSR count).